The average Bonchev–Trinajstić information content (AvgIpc) is 2.29. The molecule has 1 aromatic rings. The molecule has 1 rings (SSSR count). The van der Waals surface area contributed by atoms with E-state index in [1.54, 1.807) is 6.92 Å². The van der Waals surface area contributed by atoms with E-state index < -0.39 is 10.0 Å². The summed E-state index contributed by atoms with van der Waals surface area (Å²) >= 11 is 8.95. The van der Waals surface area contributed by atoms with Crippen molar-refractivity contribution in [2.75, 3.05) is 13.2 Å². The lowest BCUT2D eigenvalue weighted by Gasteiger charge is -2.14. The molecule has 0 aliphatic heterocycles. The molecule has 5 nitrogen and oxygen atoms in total. The minimum absolute atomic E-state index is 0.0538. The van der Waals surface area contributed by atoms with Crippen LogP contribution < -0.4 is 4.72 Å². The van der Waals surface area contributed by atoms with Crippen LogP contribution in [0.4, 0.5) is 0 Å². The molecule has 1 aromatic heterocycles. The number of hydrogen-bond acceptors (Lipinski definition) is 4. The van der Waals surface area contributed by atoms with Crippen molar-refractivity contribution in [1.82, 2.24) is 9.71 Å². The number of aromatic nitrogens is 1. The minimum atomic E-state index is -3.70. The van der Waals surface area contributed by atoms with E-state index in [1.165, 1.54) is 12.3 Å². The summed E-state index contributed by atoms with van der Waals surface area (Å²) in [5, 5.41) is -0.0608. The van der Waals surface area contributed by atoms with E-state index in [4.69, 9.17) is 16.3 Å². The third-order valence-electron chi connectivity index (χ3n) is 1.99. The van der Waals surface area contributed by atoms with E-state index >= 15 is 0 Å². The van der Waals surface area contributed by atoms with Crippen LogP contribution in [0.5, 0.6) is 0 Å². The lowest BCUT2D eigenvalue weighted by atomic mass is 10.4. The van der Waals surface area contributed by atoms with Crippen LogP contribution in [0.25, 0.3) is 0 Å². The number of hydrogen-bond donors (Lipinski definition) is 1. The molecule has 1 N–H and O–H groups in total. The summed E-state index contributed by atoms with van der Waals surface area (Å²) in [4.78, 5) is 3.73. The fraction of sp³-hybridized carbons (Fsp3) is 0.500. The summed E-state index contributed by atoms with van der Waals surface area (Å²) < 4.78 is 32.3. The third-order valence-corrected chi connectivity index (χ3v) is 4.44. The normalized spacial score (nSPS) is 13.6. The van der Waals surface area contributed by atoms with Crippen LogP contribution in [-0.2, 0) is 14.8 Å². The monoisotopic (exact) mass is 356 g/mol. The van der Waals surface area contributed by atoms with Gasteiger partial charge in [0.05, 0.1) is 6.61 Å². The maximum atomic E-state index is 12.1. The molecular formula is C10H14BrClN2O3S. The maximum Gasteiger partial charge on any atom is 0.243 e. The van der Waals surface area contributed by atoms with Gasteiger partial charge in [0.15, 0.2) is 0 Å². The number of halogens is 2. The van der Waals surface area contributed by atoms with Gasteiger partial charge in [0.2, 0.25) is 10.0 Å². The van der Waals surface area contributed by atoms with Crippen molar-refractivity contribution in [3.05, 3.63) is 21.9 Å². The molecule has 0 saturated heterocycles. The van der Waals surface area contributed by atoms with Crippen LogP contribution >= 0.6 is 27.5 Å². The summed E-state index contributed by atoms with van der Waals surface area (Å²) in [6, 6.07) is 1.07. The number of pyridine rings is 1. The van der Waals surface area contributed by atoms with Gasteiger partial charge in [-0.2, -0.15) is 0 Å². The van der Waals surface area contributed by atoms with E-state index in [1.807, 2.05) is 6.92 Å². The van der Waals surface area contributed by atoms with Crippen LogP contribution in [0.2, 0.25) is 5.15 Å². The zero-order valence-electron chi connectivity index (χ0n) is 9.98. The Labute approximate surface area is 120 Å². The van der Waals surface area contributed by atoms with Crippen molar-refractivity contribution in [3.8, 4) is 0 Å². The standard InChI is InChI=1S/C10H14BrClN2O3S/c1-3-17-6-7(2)14-18(15,16)9-4-8(11)5-13-10(9)12/h4-5,7,14H,3,6H2,1-2H3. The number of nitrogens with one attached hydrogen (secondary N) is 1. The molecule has 0 aromatic carbocycles. The predicted octanol–water partition coefficient (Wildman–Crippen LogP) is 2.20. The van der Waals surface area contributed by atoms with Crippen molar-refractivity contribution in [3.63, 3.8) is 0 Å². The lowest BCUT2D eigenvalue weighted by molar-refractivity contribution is 0.133. The lowest BCUT2D eigenvalue weighted by Crippen LogP contribution is -2.36. The first-order chi connectivity index (χ1) is 8.36. The molecule has 1 atom stereocenters. The third kappa shape index (κ3) is 4.47. The summed E-state index contributed by atoms with van der Waals surface area (Å²) in [6.07, 6.45) is 1.44. The van der Waals surface area contributed by atoms with Crippen molar-refractivity contribution in [2.24, 2.45) is 0 Å². The Kier molecular flexibility index (Phi) is 6.00. The predicted molar refractivity (Wildman–Crippen MR) is 73.2 cm³/mol. The zero-order valence-corrected chi connectivity index (χ0v) is 13.1. The highest BCUT2D eigenvalue weighted by atomic mass is 79.9. The van der Waals surface area contributed by atoms with Gasteiger partial charge in [0, 0.05) is 23.3 Å². The molecule has 0 radical (unpaired) electrons. The molecule has 0 fully saturated rings. The second-order valence-corrected chi connectivity index (χ2v) is 6.58. The van der Waals surface area contributed by atoms with E-state index in [9.17, 15) is 8.42 Å². The molecule has 0 aliphatic rings. The smallest absolute Gasteiger partial charge is 0.243 e. The molecule has 18 heavy (non-hydrogen) atoms. The summed E-state index contributed by atoms with van der Waals surface area (Å²) in [6.45, 7) is 4.39. The van der Waals surface area contributed by atoms with E-state index in [0.29, 0.717) is 17.7 Å². The average molecular weight is 358 g/mol. The van der Waals surface area contributed by atoms with Crippen LogP contribution in [0.15, 0.2) is 21.6 Å². The Balaban J connectivity index is 2.89. The largest absolute Gasteiger partial charge is 0.380 e. The highest BCUT2D eigenvalue weighted by molar-refractivity contribution is 9.10. The Hall–Kier alpha value is -0.210. The van der Waals surface area contributed by atoms with Crippen LogP contribution in [0, 0.1) is 0 Å². The number of rotatable bonds is 6. The highest BCUT2D eigenvalue weighted by Crippen LogP contribution is 2.22. The molecule has 1 heterocycles. The Bertz CT molecular complexity index is 510. The van der Waals surface area contributed by atoms with E-state index in [-0.39, 0.29) is 16.1 Å². The zero-order chi connectivity index (χ0) is 13.8. The van der Waals surface area contributed by atoms with Gasteiger partial charge in [0.25, 0.3) is 0 Å². The second kappa shape index (κ2) is 6.81. The highest BCUT2D eigenvalue weighted by Gasteiger charge is 2.21. The molecule has 0 spiro atoms. The summed E-state index contributed by atoms with van der Waals surface area (Å²) in [5.74, 6) is 0. The van der Waals surface area contributed by atoms with Crippen molar-refractivity contribution < 1.29 is 13.2 Å². The molecule has 0 saturated carbocycles. The van der Waals surface area contributed by atoms with Gasteiger partial charge in [-0.05, 0) is 35.8 Å². The minimum Gasteiger partial charge on any atom is -0.380 e. The first-order valence-corrected chi connectivity index (χ1v) is 7.93. The molecule has 0 amide bonds. The van der Waals surface area contributed by atoms with Crippen LogP contribution in [0.1, 0.15) is 13.8 Å². The quantitative estimate of drug-likeness (QED) is 0.793. The molecule has 8 heteroatoms. The summed E-state index contributed by atoms with van der Waals surface area (Å²) in [7, 11) is -3.70. The molecule has 1 unspecified atom stereocenters. The number of sulfonamides is 1. The van der Waals surface area contributed by atoms with Crippen LogP contribution in [-0.4, -0.2) is 32.7 Å². The Morgan fingerprint density at radius 1 is 1.61 bits per heavy atom. The number of ether oxygens (including phenoxy) is 1. The second-order valence-electron chi connectivity index (χ2n) is 3.62. The van der Waals surface area contributed by atoms with Gasteiger partial charge in [-0.15, -0.1) is 0 Å². The Morgan fingerprint density at radius 3 is 2.89 bits per heavy atom. The van der Waals surface area contributed by atoms with Gasteiger partial charge >= 0.3 is 0 Å². The Morgan fingerprint density at radius 2 is 2.28 bits per heavy atom. The van der Waals surface area contributed by atoms with Crippen molar-refractivity contribution in [1.29, 1.82) is 0 Å². The van der Waals surface area contributed by atoms with Gasteiger partial charge in [-0.1, -0.05) is 11.6 Å². The maximum absolute atomic E-state index is 12.1. The summed E-state index contributed by atoms with van der Waals surface area (Å²) in [5.41, 5.74) is 0. The first-order valence-electron chi connectivity index (χ1n) is 5.28. The fourth-order valence-electron chi connectivity index (χ4n) is 1.25. The molecule has 0 bridgehead atoms. The molecule has 102 valence electrons. The van der Waals surface area contributed by atoms with Gasteiger partial charge in [-0.3, -0.25) is 0 Å². The first kappa shape index (κ1) is 15.8. The fourth-order valence-corrected chi connectivity index (χ4v) is 3.42. The topological polar surface area (TPSA) is 68.3 Å². The van der Waals surface area contributed by atoms with E-state index in [2.05, 4.69) is 25.6 Å². The van der Waals surface area contributed by atoms with Gasteiger partial charge in [-0.25, -0.2) is 18.1 Å². The van der Waals surface area contributed by atoms with E-state index in [0.717, 1.165) is 0 Å². The SMILES string of the molecule is CCOCC(C)NS(=O)(=O)c1cc(Br)cnc1Cl. The van der Waals surface area contributed by atoms with Gasteiger partial charge < -0.3 is 4.74 Å². The van der Waals surface area contributed by atoms with Crippen LogP contribution in [0.3, 0.4) is 0 Å². The number of nitrogens with zero attached hydrogens (tertiary/aromatic N) is 1. The van der Waals surface area contributed by atoms with Crippen molar-refractivity contribution >= 4 is 37.6 Å². The van der Waals surface area contributed by atoms with Crippen molar-refractivity contribution in [2.45, 2.75) is 24.8 Å². The van der Waals surface area contributed by atoms with Gasteiger partial charge in [0.1, 0.15) is 10.0 Å². The molecule has 0 aliphatic carbocycles. The molecular weight excluding hydrogens is 344 g/mol.